The van der Waals surface area contributed by atoms with E-state index in [1.807, 2.05) is 22.9 Å². The minimum atomic E-state index is 0.218. The molecule has 0 aliphatic carbocycles. The number of likely N-dealkylation sites (tertiary alicyclic amines) is 1. The molecule has 8 nitrogen and oxygen atoms in total. The van der Waals surface area contributed by atoms with Crippen LogP contribution in [0.25, 0.3) is 0 Å². The lowest BCUT2D eigenvalue weighted by atomic mass is 10.0. The van der Waals surface area contributed by atoms with Crippen molar-refractivity contribution in [2.45, 2.75) is 25.2 Å². The predicted molar refractivity (Wildman–Crippen MR) is 93.7 cm³/mol. The third-order valence-electron chi connectivity index (χ3n) is 5.05. The first-order valence-corrected chi connectivity index (χ1v) is 8.87. The van der Waals surface area contributed by atoms with E-state index in [1.165, 1.54) is 0 Å². The third kappa shape index (κ3) is 3.22. The van der Waals surface area contributed by atoms with Crippen molar-refractivity contribution in [1.82, 2.24) is 19.9 Å². The number of benzene rings is 1. The van der Waals surface area contributed by atoms with Gasteiger partial charge in [0.15, 0.2) is 11.5 Å². The van der Waals surface area contributed by atoms with Gasteiger partial charge in [0, 0.05) is 19.6 Å². The van der Waals surface area contributed by atoms with E-state index < -0.39 is 0 Å². The van der Waals surface area contributed by atoms with Crippen LogP contribution in [0, 0.1) is 0 Å². The number of para-hydroxylation sites is 1. The Morgan fingerprint density at radius 3 is 2.81 bits per heavy atom. The van der Waals surface area contributed by atoms with E-state index >= 15 is 0 Å². The van der Waals surface area contributed by atoms with Gasteiger partial charge in [-0.3, -0.25) is 4.90 Å². The number of aromatic nitrogens is 3. The smallest absolute Gasteiger partial charge is 0.203 e. The van der Waals surface area contributed by atoms with Crippen LogP contribution in [-0.4, -0.2) is 66.5 Å². The second-order valence-corrected chi connectivity index (χ2v) is 6.52. The zero-order chi connectivity index (χ0) is 17.9. The summed E-state index contributed by atoms with van der Waals surface area (Å²) in [6, 6.07) is 5.84. The van der Waals surface area contributed by atoms with Crippen LogP contribution in [0.15, 0.2) is 24.4 Å². The molecule has 1 fully saturated rings. The normalized spacial score (nSPS) is 22.4. The Kier molecular flexibility index (Phi) is 4.94. The fourth-order valence-corrected chi connectivity index (χ4v) is 3.68. The van der Waals surface area contributed by atoms with Crippen LogP contribution in [0.2, 0.25) is 0 Å². The topological polar surface area (TPSA) is 70.9 Å². The summed E-state index contributed by atoms with van der Waals surface area (Å²) in [4.78, 5) is 2.38. The van der Waals surface area contributed by atoms with E-state index in [0.29, 0.717) is 30.5 Å². The van der Waals surface area contributed by atoms with E-state index in [4.69, 9.17) is 18.9 Å². The number of piperidine rings is 1. The first-order valence-electron chi connectivity index (χ1n) is 8.87. The Balaban J connectivity index is 1.37. The summed E-state index contributed by atoms with van der Waals surface area (Å²) in [5.41, 5.74) is 1.04. The lowest BCUT2D eigenvalue weighted by molar-refractivity contribution is -0.0667. The molecule has 2 aliphatic heterocycles. The molecular weight excluding hydrogens is 336 g/mol. The van der Waals surface area contributed by atoms with Gasteiger partial charge in [-0.2, -0.15) is 0 Å². The van der Waals surface area contributed by atoms with Crippen molar-refractivity contribution in [2.75, 3.05) is 40.5 Å². The number of hydrogen-bond donors (Lipinski definition) is 0. The van der Waals surface area contributed by atoms with Gasteiger partial charge < -0.3 is 18.9 Å². The molecule has 2 aliphatic rings. The summed E-state index contributed by atoms with van der Waals surface area (Å²) in [5, 5.41) is 8.27. The Labute approximate surface area is 152 Å². The lowest BCUT2D eigenvalue weighted by Gasteiger charge is -2.40. The second kappa shape index (κ2) is 7.51. The molecule has 0 N–H and O–H groups in total. The summed E-state index contributed by atoms with van der Waals surface area (Å²) >= 11 is 0. The van der Waals surface area contributed by atoms with E-state index in [9.17, 15) is 0 Å². The van der Waals surface area contributed by atoms with Crippen LogP contribution in [0.3, 0.4) is 0 Å². The maximum atomic E-state index is 5.99. The number of nitrogens with zero attached hydrogens (tertiary/aromatic N) is 4. The molecule has 26 heavy (non-hydrogen) atoms. The van der Waals surface area contributed by atoms with Crippen molar-refractivity contribution in [3.63, 3.8) is 0 Å². The molecule has 140 valence electrons. The molecule has 0 spiro atoms. The van der Waals surface area contributed by atoms with Crippen LogP contribution in [0.1, 0.15) is 18.2 Å². The SMILES string of the molecule is COc1cccc(OC)c1OCCN1CC[C@H]2OCc3cnnn3[C@@H]2C1. The summed E-state index contributed by atoms with van der Waals surface area (Å²) < 4.78 is 24.7. The van der Waals surface area contributed by atoms with Gasteiger partial charge in [0.1, 0.15) is 6.61 Å². The zero-order valence-electron chi connectivity index (χ0n) is 15.1. The molecule has 0 radical (unpaired) electrons. The summed E-state index contributed by atoms with van der Waals surface area (Å²) in [6.45, 7) is 3.84. The summed E-state index contributed by atoms with van der Waals surface area (Å²) in [7, 11) is 3.26. The molecule has 2 aromatic rings. The largest absolute Gasteiger partial charge is 0.493 e. The summed E-state index contributed by atoms with van der Waals surface area (Å²) in [6.07, 6.45) is 2.99. The van der Waals surface area contributed by atoms with E-state index in [-0.39, 0.29) is 12.1 Å². The first kappa shape index (κ1) is 17.1. The molecule has 0 saturated carbocycles. The average Bonchev–Trinajstić information content (AvgIpc) is 3.17. The molecule has 1 aromatic heterocycles. The highest BCUT2D eigenvalue weighted by molar-refractivity contribution is 5.51. The third-order valence-corrected chi connectivity index (χ3v) is 5.05. The molecule has 1 saturated heterocycles. The molecule has 0 amide bonds. The minimum Gasteiger partial charge on any atom is -0.493 e. The molecular formula is C18H24N4O4. The highest BCUT2D eigenvalue weighted by Gasteiger charge is 2.36. The van der Waals surface area contributed by atoms with Crippen molar-refractivity contribution >= 4 is 0 Å². The summed E-state index contributed by atoms with van der Waals surface area (Å²) in [5.74, 6) is 2.00. The highest BCUT2D eigenvalue weighted by Crippen LogP contribution is 2.37. The van der Waals surface area contributed by atoms with Crippen LogP contribution in [0.5, 0.6) is 17.2 Å². The maximum Gasteiger partial charge on any atom is 0.203 e. The molecule has 0 unspecified atom stereocenters. The molecule has 0 bridgehead atoms. The van der Waals surface area contributed by atoms with Gasteiger partial charge in [-0.1, -0.05) is 11.3 Å². The van der Waals surface area contributed by atoms with Crippen molar-refractivity contribution < 1.29 is 18.9 Å². The van der Waals surface area contributed by atoms with Gasteiger partial charge in [-0.25, -0.2) is 4.68 Å². The van der Waals surface area contributed by atoms with Crippen LogP contribution >= 0.6 is 0 Å². The highest BCUT2D eigenvalue weighted by atomic mass is 16.5. The van der Waals surface area contributed by atoms with E-state index in [1.54, 1.807) is 20.4 Å². The zero-order valence-corrected chi connectivity index (χ0v) is 15.1. The van der Waals surface area contributed by atoms with Gasteiger partial charge in [-0.15, -0.1) is 5.10 Å². The van der Waals surface area contributed by atoms with Crippen molar-refractivity contribution in [1.29, 1.82) is 0 Å². The maximum absolute atomic E-state index is 5.99. The van der Waals surface area contributed by atoms with Gasteiger partial charge in [0.05, 0.1) is 44.9 Å². The van der Waals surface area contributed by atoms with Crippen molar-refractivity contribution in [3.8, 4) is 17.2 Å². The van der Waals surface area contributed by atoms with Crippen molar-refractivity contribution in [3.05, 3.63) is 30.1 Å². The molecule has 3 heterocycles. The number of fused-ring (bicyclic) bond motifs is 3. The van der Waals surface area contributed by atoms with Crippen LogP contribution < -0.4 is 14.2 Å². The Morgan fingerprint density at radius 1 is 1.23 bits per heavy atom. The molecule has 1 aromatic carbocycles. The van der Waals surface area contributed by atoms with Crippen LogP contribution in [-0.2, 0) is 11.3 Å². The number of rotatable bonds is 6. The van der Waals surface area contributed by atoms with Crippen LogP contribution in [0.4, 0.5) is 0 Å². The molecule has 8 heteroatoms. The van der Waals surface area contributed by atoms with E-state index in [0.717, 1.165) is 31.7 Å². The standard InChI is InChI=1S/C18H24N4O4/c1-23-16-4-3-5-17(24-2)18(16)25-9-8-21-7-6-15-14(11-21)22-13(12-26-15)10-19-20-22/h3-5,10,14-15H,6-9,11-12H2,1-2H3/t14-,15-/m1/s1. The Bertz CT molecular complexity index is 728. The lowest BCUT2D eigenvalue weighted by Crippen LogP contribution is -2.48. The quantitative estimate of drug-likeness (QED) is 0.773. The molecule has 2 atom stereocenters. The average molecular weight is 360 g/mol. The number of ether oxygens (including phenoxy) is 4. The Morgan fingerprint density at radius 2 is 2.04 bits per heavy atom. The first-order chi connectivity index (χ1) is 12.8. The van der Waals surface area contributed by atoms with Gasteiger partial charge in [0.2, 0.25) is 5.75 Å². The predicted octanol–water partition coefficient (Wildman–Crippen LogP) is 1.52. The second-order valence-electron chi connectivity index (χ2n) is 6.52. The minimum absolute atomic E-state index is 0.218. The number of methoxy groups -OCH3 is 2. The van der Waals surface area contributed by atoms with E-state index in [2.05, 4.69) is 15.2 Å². The van der Waals surface area contributed by atoms with Gasteiger partial charge >= 0.3 is 0 Å². The van der Waals surface area contributed by atoms with Crippen molar-refractivity contribution in [2.24, 2.45) is 0 Å². The fourth-order valence-electron chi connectivity index (χ4n) is 3.68. The fraction of sp³-hybridized carbons (Fsp3) is 0.556. The van der Waals surface area contributed by atoms with Gasteiger partial charge in [-0.05, 0) is 18.6 Å². The Hall–Kier alpha value is -2.32. The van der Waals surface area contributed by atoms with Gasteiger partial charge in [0.25, 0.3) is 0 Å². The monoisotopic (exact) mass is 360 g/mol. The number of hydrogen-bond acceptors (Lipinski definition) is 7. The molecule has 4 rings (SSSR count).